The summed E-state index contributed by atoms with van der Waals surface area (Å²) in [5.74, 6) is 1.72. The van der Waals surface area contributed by atoms with Gasteiger partial charge in [0.05, 0.1) is 0 Å². The number of nitrogen functional groups attached to an aromatic ring is 1. The summed E-state index contributed by atoms with van der Waals surface area (Å²) in [5.41, 5.74) is 8.89. The molecule has 0 unspecified atom stereocenters. The third-order valence-electron chi connectivity index (χ3n) is 4.88. The fourth-order valence-corrected chi connectivity index (χ4v) is 3.11. The van der Waals surface area contributed by atoms with E-state index in [1.807, 2.05) is 31.3 Å². The van der Waals surface area contributed by atoms with Crippen molar-refractivity contribution in [3.63, 3.8) is 0 Å². The Kier molecular flexibility index (Phi) is 8.86. The molecule has 3 rings (SSSR count). The zero-order valence-corrected chi connectivity index (χ0v) is 17.4. The largest absolute Gasteiger partial charge is 0.399 e. The monoisotopic (exact) mass is 410 g/mol. The van der Waals surface area contributed by atoms with Gasteiger partial charge in [-0.2, -0.15) is 0 Å². The van der Waals surface area contributed by atoms with E-state index in [-0.39, 0.29) is 30.7 Å². The van der Waals surface area contributed by atoms with Gasteiger partial charge in [-0.15, -0.1) is 24.8 Å². The van der Waals surface area contributed by atoms with Crippen molar-refractivity contribution in [1.82, 2.24) is 10.3 Å². The minimum Gasteiger partial charge on any atom is -0.399 e. The standard InChI is InChI=1S/C20H26N4O.2ClH/c1-14-7-9-24(10-8-14)19-6-4-16(12-22-19)13-23-20(25)18-11-17(21)5-3-15(18)2;;/h3-6,11-12,14H,7-10,13,21H2,1-2H3,(H,23,25);2*1H. The van der Waals surface area contributed by atoms with Crippen LogP contribution in [0.25, 0.3) is 0 Å². The minimum absolute atomic E-state index is 0. The molecule has 27 heavy (non-hydrogen) atoms. The molecule has 1 amide bonds. The van der Waals surface area contributed by atoms with Gasteiger partial charge in [0.15, 0.2) is 0 Å². The Labute approximate surface area is 173 Å². The Hall–Kier alpha value is -1.98. The molecule has 0 saturated carbocycles. The second-order valence-corrected chi connectivity index (χ2v) is 6.95. The van der Waals surface area contributed by atoms with Crippen LogP contribution >= 0.6 is 24.8 Å². The van der Waals surface area contributed by atoms with Gasteiger partial charge >= 0.3 is 0 Å². The minimum atomic E-state index is -0.112. The van der Waals surface area contributed by atoms with Crippen LogP contribution in [0, 0.1) is 12.8 Å². The molecule has 3 N–H and O–H groups in total. The Morgan fingerprint density at radius 2 is 1.93 bits per heavy atom. The SMILES string of the molecule is Cc1ccc(N)cc1C(=O)NCc1ccc(N2CCC(C)CC2)nc1.Cl.Cl. The lowest BCUT2D eigenvalue weighted by Gasteiger charge is -2.31. The van der Waals surface area contributed by atoms with Crippen LogP contribution in [0.1, 0.15) is 41.3 Å². The van der Waals surface area contributed by atoms with Crippen molar-refractivity contribution in [2.75, 3.05) is 23.7 Å². The van der Waals surface area contributed by atoms with E-state index in [0.717, 1.165) is 36.0 Å². The van der Waals surface area contributed by atoms with E-state index in [2.05, 4.69) is 22.1 Å². The summed E-state index contributed by atoms with van der Waals surface area (Å²) in [5, 5.41) is 2.94. The lowest BCUT2D eigenvalue weighted by molar-refractivity contribution is 0.0950. The van der Waals surface area contributed by atoms with Gasteiger partial charge in [0.1, 0.15) is 5.82 Å². The van der Waals surface area contributed by atoms with Crippen LogP contribution < -0.4 is 16.0 Å². The van der Waals surface area contributed by atoms with E-state index in [9.17, 15) is 4.79 Å². The molecular weight excluding hydrogens is 383 g/mol. The maximum atomic E-state index is 12.3. The molecule has 1 aliphatic heterocycles. The van der Waals surface area contributed by atoms with Gasteiger partial charge < -0.3 is 16.0 Å². The summed E-state index contributed by atoms with van der Waals surface area (Å²) in [4.78, 5) is 19.2. The van der Waals surface area contributed by atoms with Crippen LogP contribution in [-0.2, 0) is 6.54 Å². The number of carbonyl (C=O) groups is 1. The van der Waals surface area contributed by atoms with Crippen LogP contribution in [-0.4, -0.2) is 24.0 Å². The molecule has 1 fully saturated rings. The first-order valence-electron chi connectivity index (χ1n) is 8.87. The lowest BCUT2D eigenvalue weighted by Crippen LogP contribution is -2.33. The topological polar surface area (TPSA) is 71.2 Å². The highest BCUT2D eigenvalue weighted by Crippen LogP contribution is 2.21. The van der Waals surface area contributed by atoms with Crippen molar-refractivity contribution in [2.24, 2.45) is 5.92 Å². The smallest absolute Gasteiger partial charge is 0.251 e. The Morgan fingerprint density at radius 1 is 1.22 bits per heavy atom. The number of benzene rings is 1. The van der Waals surface area contributed by atoms with Crippen LogP contribution in [0.3, 0.4) is 0 Å². The van der Waals surface area contributed by atoms with E-state index in [1.54, 1.807) is 12.1 Å². The Bertz CT molecular complexity index is 744. The Balaban J connectivity index is 0.00000182. The first kappa shape index (κ1) is 23.1. The molecule has 0 bridgehead atoms. The third-order valence-corrected chi connectivity index (χ3v) is 4.88. The summed E-state index contributed by atoms with van der Waals surface area (Å²) in [7, 11) is 0. The molecule has 0 spiro atoms. The average Bonchev–Trinajstić information content (AvgIpc) is 2.63. The van der Waals surface area contributed by atoms with Crippen molar-refractivity contribution in [1.29, 1.82) is 0 Å². The summed E-state index contributed by atoms with van der Waals surface area (Å²) < 4.78 is 0. The number of nitrogens with zero attached hydrogens (tertiary/aromatic N) is 2. The number of anilines is 2. The van der Waals surface area contributed by atoms with E-state index < -0.39 is 0 Å². The number of halogens is 2. The summed E-state index contributed by atoms with van der Waals surface area (Å²) >= 11 is 0. The first-order chi connectivity index (χ1) is 12.0. The molecule has 0 atom stereocenters. The van der Waals surface area contributed by atoms with Gasteiger partial charge in [-0.05, 0) is 55.0 Å². The maximum Gasteiger partial charge on any atom is 0.251 e. The van der Waals surface area contributed by atoms with E-state index in [4.69, 9.17) is 5.73 Å². The number of pyridine rings is 1. The van der Waals surface area contributed by atoms with Gasteiger partial charge in [-0.1, -0.05) is 19.1 Å². The number of nitrogens with one attached hydrogen (secondary N) is 1. The van der Waals surface area contributed by atoms with Crippen LogP contribution in [0.4, 0.5) is 11.5 Å². The zero-order valence-electron chi connectivity index (χ0n) is 15.8. The second-order valence-electron chi connectivity index (χ2n) is 6.95. The van der Waals surface area contributed by atoms with Crippen molar-refractivity contribution < 1.29 is 4.79 Å². The number of carbonyl (C=O) groups excluding carboxylic acids is 1. The quantitative estimate of drug-likeness (QED) is 0.747. The van der Waals surface area contributed by atoms with Crippen LogP contribution in [0.2, 0.25) is 0 Å². The summed E-state index contributed by atoms with van der Waals surface area (Å²) in [6.07, 6.45) is 4.29. The highest BCUT2D eigenvalue weighted by Gasteiger charge is 2.16. The van der Waals surface area contributed by atoms with Crippen molar-refractivity contribution in [3.05, 3.63) is 53.2 Å². The second kappa shape index (κ2) is 10.4. The van der Waals surface area contributed by atoms with E-state index >= 15 is 0 Å². The summed E-state index contributed by atoms with van der Waals surface area (Å²) in [6, 6.07) is 9.45. The lowest BCUT2D eigenvalue weighted by atomic mass is 9.99. The molecule has 2 heterocycles. The third kappa shape index (κ3) is 6.01. The number of piperidine rings is 1. The van der Waals surface area contributed by atoms with E-state index in [1.165, 1.54) is 12.8 Å². The number of amides is 1. The predicted octanol–water partition coefficient (Wildman–Crippen LogP) is 3.98. The van der Waals surface area contributed by atoms with Crippen molar-refractivity contribution in [3.8, 4) is 0 Å². The number of nitrogens with two attached hydrogens (primary N) is 1. The molecule has 5 nitrogen and oxygen atoms in total. The molecule has 7 heteroatoms. The van der Waals surface area contributed by atoms with Gasteiger partial charge in [0.25, 0.3) is 5.91 Å². The normalized spacial score (nSPS) is 14.1. The highest BCUT2D eigenvalue weighted by molar-refractivity contribution is 5.96. The number of aromatic nitrogens is 1. The van der Waals surface area contributed by atoms with Gasteiger partial charge in [0, 0.05) is 37.1 Å². The molecule has 1 aromatic carbocycles. The maximum absolute atomic E-state index is 12.3. The van der Waals surface area contributed by atoms with Gasteiger partial charge in [-0.3, -0.25) is 4.79 Å². The number of hydrogen-bond acceptors (Lipinski definition) is 4. The molecule has 0 aliphatic carbocycles. The highest BCUT2D eigenvalue weighted by atomic mass is 35.5. The fraction of sp³-hybridized carbons (Fsp3) is 0.400. The zero-order chi connectivity index (χ0) is 17.8. The van der Waals surface area contributed by atoms with Crippen molar-refractivity contribution >= 4 is 42.2 Å². The molecule has 148 valence electrons. The van der Waals surface area contributed by atoms with Crippen LogP contribution in [0.5, 0.6) is 0 Å². The summed E-state index contributed by atoms with van der Waals surface area (Å²) in [6.45, 7) is 6.80. The predicted molar refractivity (Wildman–Crippen MR) is 116 cm³/mol. The molecule has 0 radical (unpaired) electrons. The Morgan fingerprint density at radius 3 is 2.56 bits per heavy atom. The number of rotatable bonds is 4. The molecule has 1 saturated heterocycles. The first-order valence-corrected chi connectivity index (χ1v) is 8.87. The molecule has 1 aromatic heterocycles. The molecule has 1 aliphatic rings. The average molecular weight is 411 g/mol. The van der Waals surface area contributed by atoms with Crippen LogP contribution in [0.15, 0.2) is 36.5 Å². The van der Waals surface area contributed by atoms with Crippen molar-refractivity contribution in [2.45, 2.75) is 33.2 Å². The van der Waals surface area contributed by atoms with Gasteiger partial charge in [-0.25, -0.2) is 4.98 Å². The van der Waals surface area contributed by atoms with E-state index in [0.29, 0.717) is 17.8 Å². The molecule has 2 aromatic rings. The van der Waals surface area contributed by atoms with Gasteiger partial charge in [0.2, 0.25) is 0 Å². The number of hydrogen-bond donors (Lipinski definition) is 2. The number of aryl methyl sites for hydroxylation is 1. The molecular formula is C20H28Cl2N4O. The fourth-order valence-electron chi connectivity index (χ4n) is 3.11.